The number of pyridine rings is 2. The lowest BCUT2D eigenvalue weighted by molar-refractivity contribution is -0.189. The van der Waals surface area contributed by atoms with Gasteiger partial charge in [-0.15, -0.1) is 0 Å². The van der Waals surface area contributed by atoms with Crippen LogP contribution in [0.25, 0.3) is 22.3 Å². The van der Waals surface area contributed by atoms with Crippen LogP contribution in [0, 0.1) is 0 Å². The average molecular weight is 910 g/mol. The molecule has 0 fully saturated rings. The number of esters is 2. The van der Waals surface area contributed by atoms with E-state index in [0.717, 1.165) is 16.5 Å². The second-order valence-corrected chi connectivity index (χ2v) is 16.1. The number of nitrogens with two attached hydrogens (primary N) is 3. The molecule has 0 bridgehead atoms. The highest BCUT2D eigenvalue weighted by Gasteiger charge is 2.50. The van der Waals surface area contributed by atoms with Crippen molar-refractivity contribution in [2.45, 2.75) is 108 Å². The monoisotopic (exact) mass is 909 g/mol. The van der Waals surface area contributed by atoms with Crippen LogP contribution in [0.15, 0.2) is 41.2 Å². The van der Waals surface area contributed by atoms with Crippen molar-refractivity contribution in [2.24, 2.45) is 17.2 Å². The second-order valence-electron chi connectivity index (χ2n) is 15.4. The Morgan fingerprint density at radius 1 is 0.841 bits per heavy atom. The van der Waals surface area contributed by atoms with Crippen molar-refractivity contribution in [1.82, 2.24) is 30.8 Å². The molecule has 63 heavy (non-hydrogen) atoms. The van der Waals surface area contributed by atoms with E-state index in [1.54, 1.807) is 17.6 Å². The quantitative estimate of drug-likeness (QED) is 0.0269. The normalized spacial score (nSPS) is 16.9. The average Bonchev–Trinajstić information content (AvgIpc) is 3.63. The van der Waals surface area contributed by atoms with Crippen molar-refractivity contribution in [3.8, 4) is 11.4 Å². The van der Waals surface area contributed by atoms with Crippen molar-refractivity contribution in [3.05, 3.63) is 63.4 Å². The van der Waals surface area contributed by atoms with E-state index in [0.29, 0.717) is 50.2 Å². The highest BCUT2D eigenvalue weighted by Crippen LogP contribution is 2.41. The summed E-state index contributed by atoms with van der Waals surface area (Å²) in [6, 6.07) is 6.50. The van der Waals surface area contributed by atoms with Gasteiger partial charge in [-0.05, 0) is 76.2 Å². The number of hydrogen-bond donors (Lipinski definition) is 9. The predicted octanol–water partition coefficient (Wildman–Crippen LogP) is -0.0472. The number of ether oxygens (including phenoxy) is 2. The maximum atomic E-state index is 13.9. The first-order valence-electron chi connectivity index (χ1n) is 20.9. The summed E-state index contributed by atoms with van der Waals surface area (Å²) in [4.78, 5) is 111. The van der Waals surface area contributed by atoms with Crippen LogP contribution in [-0.2, 0) is 61.8 Å². The number of cyclic esters (lactones) is 1. The van der Waals surface area contributed by atoms with Gasteiger partial charge in [0.15, 0.2) is 0 Å². The van der Waals surface area contributed by atoms with E-state index in [-0.39, 0.29) is 55.0 Å². The number of nitrogens with one attached hydrogen (secondary N) is 4. The molecule has 10 N–H and O–H groups in total. The van der Waals surface area contributed by atoms with E-state index < -0.39 is 89.6 Å². The minimum Gasteiger partial charge on any atom is -0.457 e. The van der Waals surface area contributed by atoms with Gasteiger partial charge in [-0.2, -0.15) is 25.3 Å². The number of unbranched alkanes of at least 4 members (excludes halogenated alkanes) is 2. The lowest BCUT2D eigenvalue weighted by atomic mass is 9.85. The molecule has 2 aromatic heterocycles. The van der Waals surface area contributed by atoms with E-state index in [9.17, 15) is 38.4 Å². The minimum absolute atomic E-state index is 0.0816. The molecule has 1 aromatic carbocycles. The number of benzene rings is 1. The van der Waals surface area contributed by atoms with Gasteiger partial charge in [0.05, 0.1) is 35.4 Å². The summed E-state index contributed by atoms with van der Waals surface area (Å²) >= 11 is 8.40. The van der Waals surface area contributed by atoms with Gasteiger partial charge >= 0.3 is 11.9 Å². The molecule has 21 heteroatoms. The third kappa shape index (κ3) is 11.4. The van der Waals surface area contributed by atoms with Crippen LogP contribution in [0.3, 0.4) is 0 Å². The third-order valence-electron chi connectivity index (χ3n) is 11.1. The molecule has 2 aliphatic rings. The van der Waals surface area contributed by atoms with Crippen LogP contribution in [0.1, 0.15) is 81.4 Å². The van der Waals surface area contributed by atoms with Crippen LogP contribution in [0.2, 0.25) is 0 Å². The molecule has 2 aliphatic heterocycles. The largest absolute Gasteiger partial charge is 0.457 e. The van der Waals surface area contributed by atoms with Crippen LogP contribution >= 0.6 is 25.3 Å². The smallest absolute Gasteiger partial charge is 0.355 e. The Bertz CT molecular complexity index is 2290. The van der Waals surface area contributed by atoms with Crippen LogP contribution in [0.4, 0.5) is 0 Å². The first-order chi connectivity index (χ1) is 30.2. The maximum absolute atomic E-state index is 13.9. The number of primary amides is 1. The SMILES string of the molecule is CC[C@]1(OC(=O)CCC(=O)NC(CS)C(=O)NC(CS)C(=O)NC(CCCCN)C(=O)NC(CCCCN)C(N)=O)C(=O)OCc2c1cc1n(c2=O)Cc2cc3ccccc3nc2-1. The summed E-state index contributed by atoms with van der Waals surface area (Å²) in [5.41, 5.74) is 17.2. The van der Waals surface area contributed by atoms with Gasteiger partial charge in [0.1, 0.15) is 30.8 Å². The number of thiol groups is 2. The van der Waals surface area contributed by atoms with E-state index in [1.807, 2.05) is 30.3 Å². The maximum Gasteiger partial charge on any atom is 0.355 e. The molecule has 4 heterocycles. The fourth-order valence-electron chi connectivity index (χ4n) is 7.56. The Kier molecular flexibility index (Phi) is 17.1. The number of carbonyl (C=O) groups is 7. The lowest BCUT2D eigenvalue weighted by Crippen LogP contribution is -2.58. The van der Waals surface area contributed by atoms with Gasteiger partial charge in [-0.1, -0.05) is 25.1 Å². The molecule has 340 valence electrons. The molecule has 0 radical (unpaired) electrons. The fraction of sp³-hybridized carbons (Fsp3) is 0.500. The summed E-state index contributed by atoms with van der Waals surface area (Å²) in [7, 11) is 0. The van der Waals surface area contributed by atoms with Gasteiger partial charge in [0.25, 0.3) is 5.56 Å². The molecular formula is C42H55N9O10S2. The van der Waals surface area contributed by atoms with E-state index >= 15 is 0 Å². The minimum atomic E-state index is -1.98. The van der Waals surface area contributed by atoms with Gasteiger partial charge in [0, 0.05) is 34.4 Å². The predicted molar refractivity (Wildman–Crippen MR) is 238 cm³/mol. The Hall–Kier alpha value is -5.51. The van der Waals surface area contributed by atoms with E-state index in [4.69, 9.17) is 31.7 Å². The number of amides is 5. The molecular weight excluding hydrogens is 855 g/mol. The molecule has 0 aliphatic carbocycles. The Morgan fingerprint density at radius 3 is 2.08 bits per heavy atom. The standard InChI is InChI=1S/C42H55N9O10S2/c1-2-42(26-18-32-35-24(17-23-9-3-4-10-27(23)47-35)19-51(32)40(58)25(26)20-60-41(42)59)61-34(53)14-13-33(52)46-30(21-62)38(56)50-31(22-63)39(57)49-29(12-6-8-16-44)37(55)48-28(36(45)54)11-5-7-15-43/h3-4,9-10,17-18,28-31,62-63H,2,5-8,11-16,19-22,43-44H2,1H3,(H2,45,54)(H,46,52)(H,48,55)(H,49,57)(H,50,56)/t28?,29?,30?,31?,42-/m1/s1. The van der Waals surface area contributed by atoms with Crippen LogP contribution < -0.4 is 44.0 Å². The number of aromatic nitrogens is 2. The Labute approximate surface area is 374 Å². The zero-order valence-corrected chi connectivity index (χ0v) is 36.8. The van der Waals surface area contributed by atoms with Gasteiger partial charge in [-0.25, -0.2) is 9.78 Å². The molecule has 0 spiro atoms. The number of hydrogen-bond acceptors (Lipinski definition) is 15. The van der Waals surface area contributed by atoms with Gasteiger partial charge in [-0.3, -0.25) is 33.6 Å². The van der Waals surface area contributed by atoms with E-state index in [1.165, 1.54) is 0 Å². The lowest BCUT2D eigenvalue weighted by Gasteiger charge is -2.35. The molecule has 3 aromatic rings. The molecule has 5 amide bonds. The Morgan fingerprint density at radius 2 is 1.44 bits per heavy atom. The highest BCUT2D eigenvalue weighted by molar-refractivity contribution is 7.80. The van der Waals surface area contributed by atoms with Crippen molar-refractivity contribution in [3.63, 3.8) is 0 Å². The number of para-hydroxylation sites is 1. The van der Waals surface area contributed by atoms with Gasteiger partial charge in [0.2, 0.25) is 35.1 Å². The summed E-state index contributed by atoms with van der Waals surface area (Å²) in [6.07, 6.45) is 1.54. The highest BCUT2D eigenvalue weighted by atomic mass is 32.1. The second kappa shape index (κ2) is 22.2. The number of carbonyl (C=O) groups excluding carboxylic acids is 7. The topological polar surface area (TPSA) is 299 Å². The molecule has 0 saturated carbocycles. The third-order valence-corrected chi connectivity index (χ3v) is 11.8. The zero-order valence-electron chi connectivity index (χ0n) is 35.0. The first-order valence-corrected chi connectivity index (χ1v) is 22.1. The summed E-state index contributed by atoms with van der Waals surface area (Å²) < 4.78 is 12.8. The van der Waals surface area contributed by atoms with Crippen molar-refractivity contribution >= 4 is 77.6 Å². The number of nitrogens with zero attached hydrogens (tertiary/aromatic N) is 2. The molecule has 5 atom stereocenters. The molecule has 0 saturated heterocycles. The van der Waals surface area contributed by atoms with Crippen LogP contribution in [-0.4, -0.2) is 99.8 Å². The molecule has 5 rings (SSSR count). The molecule has 4 unspecified atom stereocenters. The van der Waals surface area contributed by atoms with Crippen molar-refractivity contribution in [1.29, 1.82) is 0 Å². The van der Waals surface area contributed by atoms with E-state index in [2.05, 4.69) is 46.5 Å². The van der Waals surface area contributed by atoms with Crippen LogP contribution in [0.5, 0.6) is 0 Å². The summed E-state index contributed by atoms with van der Waals surface area (Å²) in [5.74, 6) is -5.91. The summed E-state index contributed by atoms with van der Waals surface area (Å²) in [6.45, 7) is 2.29. The van der Waals surface area contributed by atoms with Gasteiger partial charge < -0.3 is 52.5 Å². The number of fused-ring (bicyclic) bond motifs is 5. The van der Waals surface area contributed by atoms with Crippen molar-refractivity contribution in [2.75, 3.05) is 24.6 Å². The first kappa shape index (κ1) is 48.5. The zero-order chi connectivity index (χ0) is 45.8. The number of rotatable bonds is 23. The molecule has 19 nitrogen and oxygen atoms in total. The summed E-state index contributed by atoms with van der Waals surface area (Å²) in [5, 5.41) is 11.1. The fourth-order valence-corrected chi connectivity index (χ4v) is 8.07. The Balaban J connectivity index is 1.21. The van der Waals surface area contributed by atoms with Crippen molar-refractivity contribution < 1.29 is 43.0 Å².